The Morgan fingerprint density at radius 2 is 1.72 bits per heavy atom. The monoisotopic (exact) mass is 397 g/mol. The standard InChI is InChI=1S/C20H14F3N5O/c21-20(22,23)15-4-1-2-5-16(15)27-19(29)25-14-8-6-13(7-9-14)17-12-28-11-3-10-24-18(28)26-17/h1-12H,(H2,25,27,29). The highest BCUT2D eigenvalue weighted by Crippen LogP contribution is 2.34. The SMILES string of the molecule is O=C(Nc1ccc(-c2cn3cccnc3n2)cc1)Nc1ccccc1C(F)(F)F. The molecule has 0 atom stereocenters. The predicted octanol–water partition coefficient (Wildman–Crippen LogP) is 5.06. The Labute approximate surface area is 163 Å². The zero-order valence-electron chi connectivity index (χ0n) is 14.8. The summed E-state index contributed by atoms with van der Waals surface area (Å²) in [6.07, 6.45) is 0.743. The fourth-order valence-corrected chi connectivity index (χ4v) is 2.82. The number of fused-ring (bicyclic) bond motifs is 1. The van der Waals surface area contributed by atoms with Crippen LogP contribution in [0, 0.1) is 0 Å². The molecule has 0 aliphatic rings. The van der Waals surface area contributed by atoms with Gasteiger partial charge in [-0.3, -0.25) is 4.40 Å². The summed E-state index contributed by atoms with van der Waals surface area (Å²) >= 11 is 0. The molecule has 0 aliphatic heterocycles. The first kappa shape index (κ1) is 18.5. The van der Waals surface area contributed by atoms with E-state index in [2.05, 4.69) is 20.6 Å². The topological polar surface area (TPSA) is 71.3 Å². The lowest BCUT2D eigenvalue weighted by molar-refractivity contribution is -0.136. The van der Waals surface area contributed by atoms with Crippen molar-refractivity contribution in [2.75, 3.05) is 10.6 Å². The van der Waals surface area contributed by atoms with E-state index in [0.717, 1.165) is 11.6 Å². The van der Waals surface area contributed by atoms with Crippen LogP contribution in [0.15, 0.2) is 73.2 Å². The maximum atomic E-state index is 13.0. The molecular weight excluding hydrogens is 383 g/mol. The van der Waals surface area contributed by atoms with Gasteiger partial charge in [-0.05, 0) is 30.3 Å². The summed E-state index contributed by atoms with van der Waals surface area (Å²) in [6, 6.07) is 12.6. The van der Waals surface area contributed by atoms with E-state index >= 15 is 0 Å². The average molecular weight is 397 g/mol. The molecule has 2 N–H and O–H groups in total. The van der Waals surface area contributed by atoms with Crippen LogP contribution in [0.4, 0.5) is 29.3 Å². The van der Waals surface area contributed by atoms with Gasteiger partial charge in [-0.25, -0.2) is 14.8 Å². The van der Waals surface area contributed by atoms with Crippen molar-refractivity contribution in [1.82, 2.24) is 14.4 Å². The molecule has 29 heavy (non-hydrogen) atoms. The molecule has 2 amide bonds. The first-order valence-electron chi connectivity index (χ1n) is 8.54. The third kappa shape index (κ3) is 4.03. The number of anilines is 2. The molecule has 4 aromatic rings. The van der Waals surface area contributed by atoms with Gasteiger partial charge in [0.1, 0.15) is 0 Å². The van der Waals surface area contributed by atoms with Crippen LogP contribution >= 0.6 is 0 Å². The Bertz CT molecular complexity index is 1140. The molecule has 0 unspecified atom stereocenters. The number of alkyl halides is 3. The third-order valence-corrected chi connectivity index (χ3v) is 4.15. The van der Waals surface area contributed by atoms with Crippen molar-refractivity contribution in [2.24, 2.45) is 0 Å². The number of para-hydroxylation sites is 1. The van der Waals surface area contributed by atoms with E-state index in [9.17, 15) is 18.0 Å². The molecule has 146 valence electrons. The van der Waals surface area contributed by atoms with E-state index in [1.807, 2.05) is 12.4 Å². The number of hydrogen-bond acceptors (Lipinski definition) is 3. The summed E-state index contributed by atoms with van der Waals surface area (Å²) in [5, 5.41) is 4.75. The summed E-state index contributed by atoms with van der Waals surface area (Å²) in [6.45, 7) is 0. The quantitative estimate of drug-likeness (QED) is 0.508. The zero-order chi connectivity index (χ0) is 20.4. The lowest BCUT2D eigenvalue weighted by Crippen LogP contribution is -2.21. The Balaban J connectivity index is 1.47. The van der Waals surface area contributed by atoms with Crippen LogP contribution < -0.4 is 10.6 Å². The molecule has 0 saturated heterocycles. The predicted molar refractivity (Wildman–Crippen MR) is 103 cm³/mol. The second-order valence-corrected chi connectivity index (χ2v) is 6.15. The maximum absolute atomic E-state index is 13.0. The molecule has 2 aromatic heterocycles. The van der Waals surface area contributed by atoms with Crippen LogP contribution in [0.1, 0.15) is 5.56 Å². The number of amides is 2. The smallest absolute Gasteiger partial charge is 0.308 e. The Hall–Kier alpha value is -3.88. The highest BCUT2D eigenvalue weighted by atomic mass is 19.4. The van der Waals surface area contributed by atoms with E-state index in [-0.39, 0.29) is 5.69 Å². The fraction of sp³-hybridized carbons (Fsp3) is 0.0500. The molecule has 0 fully saturated rings. The van der Waals surface area contributed by atoms with Gasteiger partial charge in [0.25, 0.3) is 0 Å². The molecule has 9 heteroatoms. The number of halogens is 3. The van der Waals surface area contributed by atoms with Gasteiger partial charge in [0, 0.05) is 29.8 Å². The molecule has 0 bridgehead atoms. The molecule has 0 spiro atoms. The Kier molecular flexibility index (Phi) is 4.63. The lowest BCUT2D eigenvalue weighted by atomic mass is 10.1. The molecule has 4 rings (SSSR count). The number of nitrogens with zero attached hydrogens (tertiary/aromatic N) is 3. The lowest BCUT2D eigenvalue weighted by Gasteiger charge is -2.14. The molecule has 2 aromatic carbocycles. The molecule has 0 saturated carbocycles. The van der Waals surface area contributed by atoms with Crippen molar-refractivity contribution in [1.29, 1.82) is 0 Å². The van der Waals surface area contributed by atoms with Gasteiger partial charge >= 0.3 is 12.2 Å². The molecule has 0 radical (unpaired) electrons. The summed E-state index contributed by atoms with van der Waals surface area (Å²) in [5.74, 6) is 0.562. The molecular formula is C20H14F3N5O. The molecule has 6 nitrogen and oxygen atoms in total. The van der Waals surface area contributed by atoms with Crippen molar-refractivity contribution in [3.8, 4) is 11.3 Å². The molecule has 0 aliphatic carbocycles. The van der Waals surface area contributed by atoms with Gasteiger partial charge in [-0.2, -0.15) is 13.2 Å². The van der Waals surface area contributed by atoms with E-state index < -0.39 is 17.8 Å². The zero-order valence-corrected chi connectivity index (χ0v) is 14.8. The minimum absolute atomic E-state index is 0.314. The number of imidazole rings is 1. The summed E-state index contributed by atoms with van der Waals surface area (Å²) < 4.78 is 40.9. The average Bonchev–Trinajstić information content (AvgIpc) is 3.12. The number of aromatic nitrogens is 3. The highest BCUT2D eigenvalue weighted by molar-refractivity contribution is 6.00. The number of carbonyl (C=O) groups excluding carboxylic acids is 1. The van der Waals surface area contributed by atoms with Gasteiger partial charge in [0.05, 0.1) is 16.9 Å². The minimum Gasteiger partial charge on any atom is -0.308 e. The van der Waals surface area contributed by atoms with Gasteiger partial charge in [0.15, 0.2) is 0 Å². The summed E-state index contributed by atoms with van der Waals surface area (Å²) in [4.78, 5) is 20.7. The van der Waals surface area contributed by atoms with Crippen LogP contribution in [0.25, 0.3) is 17.0 Å². The van der Waals surface area contributed by atoms with Crippen LogP contribution in [0.3, 0.4) is 0 Å². The van der Waals surface area contributed by atoms with Crippen LogP contribution in [0.2, 0.25) is 0 Å². The van der Waals surface area contributed by atoms with Crippen molar-refractivity contribution in [3.63, 3.8) is 0 Å². The van der Waals surface area contributed by atoms with E-state index in [4.69, 9.17) is 0 Å². The van der Waals surface area contributed by atoms with Crippen LogP contribution in [0.5, 0.6) is 0 Å². The maximum Gasteiger partial charge on any atom is 0.418 e. The first-order valence-corrected chi connectivity index (χ1v) is 8.54. The highest BCUT2D eigenvalue weighted by Gasteiger charge is 2.33. The van der Waals surface area contributed by atoms with Gasteiger partial charge < -0.3 is 10.6 Å². The summed E-state index contributed by atoms with van der Waals surface area (Å²) in [7, 11) is 0. The fourth-order valence-electron chi connectivity index (χ4n) is 2.82. The number of rotatable bonds is 3. The Morgan fingerprint density at radius 3 is 2.45 bits per heavy atom. The third-order valence-electron chi connectivity index (χ3n) is 4.15. The largest absolute Gasteiger partial charge is 0.418 e. The van der Waals surface area contributed by atoms with E-state index in [1.54, 1.807) is 40.9 Å². The Morgan fingerprint density at radius 1 is 0.966 bits per heavy atom. The molecule has 2 heterocycles. The van der Waals surface area contributed by atoms with Crippen molar-refractivity contribution in [3.05, 3.63) is 78.8 Å². The number of urea groups is 1. The number of hydrogen-bond donors (Lipinski definition) is 2. The second-order valence-electron chi connectivity index (χ2n) is 6.15. The van der Waals surface area contributed by atoms with Crippen LogP contribution in [-0.4, -0.2) is 20.4 Å². The van der Waals surface area contributed by atoms with E-state index in [1.165, 1.54) is 18.2 Å². The van der Waals surface area contributed by atoms with E-state index in [0.29, 0.717) is 17.2 Å². The first-order chi connectivity index (χ1) is 13.9. The van der Waals surface area contributed by atoms with Crippen molar-refractivity contribution < 1.29 is 18.0 Å². The number of benzene rings is 2. The summed E-state index contributed by atoms with van der Waals surface area (Å²) in [5.41, 5.74) is 0.720. The number of nitrogens with one attached hydrogen (secondary N) is 2. The van der Waals surface area contributed by atoms with Crippen molar-refractivity contribution in [2.45, 2.75) is 6.18 Å². The van der Waals surface area contributed by atoms with Gasteiger partial charge in [0.2, 0.25) is 5.78 Å². The van der Waals surface area contributed by atoms with Crippen molar-refractivity contribution >= 4 is 23.2 Å². The van der Waals surface area contributed by atoms with Gasteiger partial charge in [-0.15, -0.1) is 0 Å². The number of carbonyl (C=O) groups is 1. The minimum atomic E-state index is -4.56. The normalized spacial score (nSPS) is 11.4. The second kappa shape index (κ2) is 7.27. The van der Waals surface area contributed by atoms with Gasteiger partial charge in [-0.1, -0.05) is 24.3 Å². The van der Waals surface area contributed by atoms with Crippen LogP contribution in [-0.2, 0) is 6.18 Å².